The van der Waals surface area contributed by atoms with Gasteiger partial charge in [-0.3, -0.25) is 9.59 Å². The maximum absolute atomic E-state index is 13.3. The van der Waals surface area contributed by atoms with Crippen molar-refractivity contribution in [2.75, 3.05) is 6.54 Å². The Kier molecular flexibility index (Phi) is 4.85. The van der Waals surface area contributed by atoms with Crippen molar-refractivity contribution in [3.05, 3.63) is 24.3 Å². The molecule has 1 amide bonds. The van der Waals surface area contributed by atoms with Gasteiger partial charge in [-0.2, -0.15) is 0 Å². The molecule has 7 nitrogen and oxygen atoms in total. The predicted molar refractivity (Wildman–Crippen MR) is 92.8 cm³/mol. The van der Waals surface area contributed by atoms with Gasteiger partial charge in [-0.05, 0) is 18.1 Å². The Hall–Kier alpha value is -2.28. The molecule has 1 aromatic carbocycles. The van der Waals surface area contributed by atoms with Gasteiger partial charge in [0.2, 0.25) is 5.91 Å². The minimum absolute atomic E-state index is 0.0177. The number of ketones is 1. The zero-order valence-electron chi connectivity index (χ0n) is 14.8. The molecule has 3 atom stereocenters. The summed E-state index contributed by atoms with van der Waals surface area (Å²) in [4.78, 5) is 27.0. The van der Waals surface area contributed by atoms with Gasteiger partial charge >= 0.3 is 0 Å². The largest absolute Gasteiger partial charge is 0.391 e. The van der Waals surface area contributed by atoms with Crippen LogP contribution in [0.25, 0.3) is 11.0 Å². The molecule has 1 aromatic heterocycles. The molecule has 0 saturated carbocycles. The average Bonchev–Trinajstić information content (AvgIpc) is 3.18. The van der Waals surface area contributed by atoms with Crippen LogP contribution in [0.4, 0.5) is 0 Å². The second-order valence-electron chi connectivity index (χ2n) is 6.93. The zero-order valence-corrected chi connectivity index (χ0v) is 14.8. The van der Waals surface area contributed by atoms with Crippen LogP contribution in [-0.2, 0) is 9.59 Å². The second kappa shape index (κ2) is 6.92. The second-order valence-corrected chi connectivity index (χ2v) is 6.93. The van der Waals surface area contributed by atoms with Gasteiger partial charge in [0.25, 0.3) is 0 Å². The van der Waals surface area contributed by atoms with E-state index in [-0.39, 0.29) is 24.2 Å². The van der Waals surface area contributed by atoms with Gasteiger partial charge in [0.05, 0.1) is 17.7 Å². The minimum atomic E-state index is -0.662. The molecule has 1 aliphatic rings. The summed E-state index contributed by atoms with van der Waals surface area (Å²) in [6.07, 6.45) is -0.00840. The predicted octanol–water partition coefficient (Wildman–Crippen LogP) is 1.57. The van der Waals surface area contributed by atoms with Crippen molar-refractivity contribution >= 4 is 22.7 Å². The fourth-order valence-electron chi connectivity index (χ4n) is 3.53. The third kappa shape index (κ3) is 3.16. The number of rotatable bonds is 5. The number of likely N-dealkylation sites (tertiary alicyclic amines) is 1. The van der Waals surface area contributed by atoms with Gasteiger partial charge in [-0.15, -0.1) is 5.10 Å². The highest BCUT2D eigenvalue weighted by atomic mass is 16.3. The molecule has 0 unspecified atom stereocenters. The number of fused-ring (bicyclic) bond motifs is 1. The Bertz CT molecular complexity index is 785. The summed E-state index contributed by atoms with van der Waals surface area (Å²) in [5.74, 6) is -0.238. The van der Waals surface area contributed by atoms with E-state index in [1.807, 2.05) is 38.1 Å². The lowest BCUT2D eigenvalue weighted by atomic mass is 10.0. The van der Waals surface area contributed by atoms with Crippen LogP contribution in [0.1, 0.15) is 39.7 Å². The lowest BCUT2D eigenvalue weighted by Gasteiger charge is -2.29. The van der Waals surface area contributed by atoms with E-state index in [0.29, 0.717) is 12.8 Å². The molecule has 0 spiro atoms. The molecular formula is C18H24N4O3. The summed E-state index contributed by atoms with van der Waals surface area (Å²) in [6, 6.07) is 6.37. The number of hydrogen-bond acceptors (Lipinski definition) is 5. The van der Waals surface area contributed by atoms with Crippen LogP contribution in [-0.4, -0.2) is 55.4 Å². The summed E-state index contributed by atoms with van der Waals surface area (Å²) in [5.41, 5.74) is 1.51. The molecule has 0 radical (unpaired) electrons. The summed E-state index contributed by atoms with van der Waals surface area (Å²) in [5, 5.41) is 18.3. The van der Waals surface area contributed by atoms with Crippen molar-refractivity contribution in [2.45, 2.75) is 51.8 Å². The van der Waals surface area contributed by atoms with E-state index in [9.17, 15) is 14.7 Å². The molecular weight excluding hydrogens is 320 g/mol. The third-order valence-electron chi connectivity index (χ3n) is 4.81. The average molecular weight is 344 g/mol. The van der Waals surface area contributed by atoms with Gasteiger partial charge in [-0.1, -0.05) is 38.1 Å². The van der Waals surface area contributed by atoms with Crippen molar-refractivity contribution in [1.82, 2.24) is 19.9 Å². The van der Waals surface area contributed by atoms with Crippen LogP contribution >= 0.6 is 0 Å². The molecule has 3 rings (SSSR count). The molecule has 0 bridgehead atoms. The smallest absolute Gasteiger partial charge is 0.248 e. The summed E-state index contributed by atoms with van der Waals surface area (Å²) in [7, 11) is 0. The number of Topliss-reactive ketones (excluding diaryl/α,β-unsaturated/α-hetero) is 1. The maximum atomic E-state index is 13.3. The van der Waals surface area contributed by atoms with Crippen molar-refractivity contribution in [2.24, 2.45) is 5.92 Å². The normalized spacial score (nSPS) is 21.9. The Morgan fingerprint density at radius 1 is 1.32 bits per heavy atom. The number of β-amino-alcohol motifs (C(OH)–C–C–N with tert-alkyl or cyclic N) is 1. The van der Waals surface area contributed by atoms with E-state index >= 15 is 0 Å². The highest BCUT2D eigenvalue weighted by Gasteiger charge is 2.42. The van der Waals surface area contributed by atoms with Crippen LogP contribution in [0, 0.1) is 5.92 Å². The van der Waals surface area contributed by atoms with E-state index in [1.165, 1.54) is 4.90 Å². The Balaban J connectivity index is 1.98. The van der Waals surface area contributed by atoms with E-state index in [2.05, 4.69) is 10.3 Å². The highest BCUT2D eigenvalue weighted by Crippen LogP contribution is 2.29. The first-order chi connectivity index (χ1) is 11.9. The van der Waals surface area contributed by atoms with E-state index < -0.39 is 18.2 Å². The molecule has 1 N–H and O–H groups in total. The number of aromatic nitrogens is 3. The minimum Gasteiger partial charge on any atom is -0.391 e. The van der Waals surface area contributed by atoms with Gasteiger partial charge in [0, 0.05) is 19.4 Å². The van der Waals surface area contributed by atoms with Crippen molar-refractivity contribution in [3.63, 3.8) is 0 Å². The number of benzene rings is 1. The summed E-state index contributed by atoms with van der Waals surface area (Å²) in [6.45, 7) is 5.86. The first kappa shape index (κ1) is 17.5. The van der Waals surface area contributed by atoms with Crippen LogP contribution in [0.2, 0.25) is 0 Å². The first-order valence-electron chi connectivity index (χ1n) is 8.75. The summed E-state index contributed by atoms with van der Waals surface area (Å²) < 4.78 is 1.64. The number of nitrogens with zero attached hydrogens (tertiary/aromatic N) is 4. The van der Waals surface area contributed by atoms with E-state index in [0.717, 1.165) is 11.0 Å². The number of amides is 1. The zero-order chi connectivity index (χ0) is 18.1. The number of aliphatic hydroxyl groups is 1. The SMILES string of the molecule is CCC(=O)[C@@H]1C[C@@H](O)CN1C(=O)[C@H](C(C)C)n1nnc2ccccc21. The third-order valence-corrected chi connectivity index (χ3v) is 4.81. The first-order valence-corrected chi connectivity index (χ1v) is 8.75. The molecule has 7 heteroatoms. The summed E-state index contributed by atoms with van der Waals surface area (Å²) >= 11 is 0. The van der Waals surface area contributed by atoms with E-state index in [1.54, 1.807) is 11.6 Å². The van der Waals surface area contributed by atoms with Crippen molar-refractivity contribution < 1.29 is 14.7 Å². The number of para-hydroxylation sites is 1. The molecule has 0 aliphatic carbocycles. The fourth-order valence-corrected chi connectivity index (χ4v) is 3.53. The quantitative estimate of drug-likeness (QED) is 0.889. The molecule has 2 aromatic rings. The van der Waals surface area contributed by atoms with Crippen LogP contribution < -0.4 is 0 Å². The lowest BCUT2D eigenvalue weighted by Crippen LogP contribution is -2.45. The Morgan fingerprint density at radius 3 is 2.72 bits per heavy atom. The highest BCUT2D eigenvalue weighted by molar-refractivity contribution is 5.91. The van der Waals surface area contributed by atoms with Crippen molar-refractivity contribution in [3.8, 4) is 0 Å². The standard InChI is InChI=1S/C18H24N4O3/c1-4-16(24)15-9-12(23)10-21(15)18(25)17(11(2)3)22-14-8-6-5-7-13(14)19-20-22/h5-8,11-12,15,17,23H,4,9-10H2,1-3H3/t12-,15+,17+/m1/s1. The molecule has 2 heterocycles. The number of aliphatic hydroxyl groups excluding tert-OH is 1. The van der Waals surface area contributed by atoms with Gasteiger partial charge in [-0.25, -0.2) is 4.68 Å². The number of carbonyl (C=O) groups is 2. The van der Waals surface area contributed by atoms with Crippen LogP contribution in [0.5, 0.6) is 0 Å². The molecule has 1 saturated heterocycles. The molecule has 1 aliphatic heterocycles. The van der Waals surface area contributed by atoms with Crippen LogP contribution in [0.3, 0.4) is 0 Å². The van der Waals surface area contributed by atoms with E-state index in [4.69, 9.17) is 0 Å². The van der Waals surface area contributed by atoms with Crippen molar-refractivity contribution in [1.29, 1.82) is 0 Å². The molecule has 25 heavy (non-hydrogen) atoms. The van der Waals surface area contributed by atoms with Gasteiger partial charge < -0.3 is 10.0 Å². The Labute approximate surface area is 146 Å². The van der Waals surface area contributed by atoms with Gasteiger partial charge in [0.15, 0.2) is 5.78 Å². The number of hydrogen-bond donors (Lipinski definition) is 1. The van der Waals surface area contributed by atoms with Gasteiger partial charge in [0.1, 0.15) is 11.6 Å². The monoisotopic (exact) mass is 344 g/mol. The van der Waals surface area contributed by atoms with Crippen LogP contribution in [0.15, 0.2) is 24.3 Å². The topological polar surface area (TPSA) is 88.3 Å². The lowest BCUT2D eigenvalue weighted by molar-refractivity contribution is -0.141. The molecule has 134 valence electrons. The molecule has 1 fully saturated rings. The fraction of sp³-hybridized carbons (Fsp3) is 0.556. The maximum Gasteiger partial charge on any atom is 0.248 e. The number of carbonyl (C=O) groups excluding carboxylic acids is 2. The Morgan fingerprint density at radius 2 is 2.04 bits per heavy atom.